The number of nitrogens with zero attached hydrogens (tertiary/aromatic N) is 2. The average Bonchev–Trinajstić information content (AvgIpc) is 2.95. The molecule has 1 aromatic heterocycles. The zero-order chi connectivity index (χ0) is 20.3. The zero-order valence-corrected chi connectivity index (χ0v) is 15.2. The van der Waals surface area contributed by atoms with Crippen LogP contribution in [0.1, 0.15) is 6.92 Å². The molecule has 2 aromatic carbocycles. The maximum absolute atomic E-state index is 13.8. The first-order valence-corrected chi connectivity index (χ1v) is 8.65. The van der Waals surface area contributed by atoms with Gasteiger partial charge in [-0.1, -0.05) is 18.7 Å². The highest BCUT2D eigenvalue weighted by atomic mass is 19.1. The minimum atomic E-state index is -0.643. The van der Waals surface area contributed by atoms with Crippen molar-refractivity contribution in [2.45, 2.75) is 20.0 Å². The van der Waals surface area contributed by atoms with Crippen LogP contribution in [-0.4, -0.2) is 20.9 Å². The molecule has 3 rings (SSSR count). The third-order valence-electron chi connectivity index (χ3n) is 4.24. The van der Waals surface area contributed by atoms with E-state index < -0.39 is 17.6 Å². The number of hydrogen-bond donors (Lipinski definition) is 2. The fourth-order valence-corrected chi connectivity index (χ4v) is 2.96. The number of fused-ring (bicyclic) bond motifs is 1. The van der Waals surface area contributed by atoms with Gasteiger partial charge in [0, 0.05) is 12.2 Å². The van der Waals surface area contributed by atoms with Crippen LogP contribution in [0.15, 0.2) is 59.9 Å². The van der Waals surface area contributed by atoms with E-state index in [0.29, 0.717) is 12.1 Å². The fraction of sp³-hybridized carbons (Fsp3) is 0.150. The van der Waals surface area contributed by atoms with E-state index in [-0.39, 0.29) is 23.6 Å². The molecule has 8 heteroatoms. The van der Waals surface area contributed by atoms with Gasteiger partial charge in [0.25, 0.3) is 0 Å². The first kappa shape index (κ1) is 19.1. The summed E-state index contributed by atoms with van der Waals surface area (Å²) in [5, 5.41) is 4.94. The SMILES string of the molecule is C=CC(=O)Nc1cc(NC(=O)Cn2c(=O)n(CC)c3ccccc32)ccc1F. The van der Waals surface area contributed by atoms with Crippen LogP contribution in [-0.2, 0) is 22.7 Å². The first-order valence-electron chi connectivity index (χ1n) is 8.65. The summed E-state index contributed by atoms with van der Waals surface area (Å²) < 4.78 is 16.8. The van der Waals surface area contributed by atoms with Crippen molar-refractivity contribution in [1.82, 2.24) is 9.13 Å². The number of para-hydroxylation sites is 2. The zero-order valence-electron chi connectivity index (χ0n) is 15.2. The largest absolute Gasteiger partial charge is 0.329 e. The lowest BCUT2D eigenvalue weighted by molar-refractivity contribution is -0.116. The van der Waals surface area contributed by atoms with Gasteiger partial charge in [0.2, 0.25) is 11.8 Å². The fourth-order valence-electron chi connectivity index (χ4n) is 2.96. The van der Waals surface area contributed by atoms with Crippen LogP contribution in [0.25, 0.3) is 11.0 Å². The highest BCUT2D eigenvalue weighted by Crippen LogP contribution is 2.20. The van der Waals surface area contributed by atoms with Crippen LogP contribution in [0, 0.1) is 5.82 Å². The van der Waals surface area contributed by atoms with Crippen LogP contribution in [0.4, 0.5) is 15.8 Å². The number of rotatable bonds is 6. The summed E-state index contributed by atoms with van der Waals surface area (Å²) >= 11 is 0. The number of carbonyl (C=O) groups excluding carboxylic acids is 2. The van der Waals surface area contributed by atoms with Gasteiger partial charge in [-0.25, -0.2) is 9.18 Å². The van der Waals surface area contributed by atoms with E-state index >= 15 is 0 Å². The number of aromatic nitrogens is 2. The van der Waals surface area contributed by atoms with Crippen molar-refractivity contribution in [3.8, 4) is 0 Å². The Morgan fingerprint density at radius 2 is 1.79 bits per heavy atom. The quantitative estimate of drug-likeness (QED) is 0.643. The number of aryl methyl sites for hydroxylation is 1. The molecule has 3 aromatic rings. The summed E-state index contributed by atoms with van der Waals surface area (Å²) in [6.07, 6.45) is 1.01. The summed E-state index contributed by atoms with van der Waals surface area (Å²) in [5.74, 6) is -1.66. The van der Waals surface area contributed by atoms with E-state index in [4.69, 9.17) is 0 Å². The van der Waals surface area contributed by atoms with Crippen LogP contribution in [0.3, 0.4) is 0 Å². The van der Waals surface area contributed by atoms with Crippen molar-refractivity contribution < 1.29 is 14.0 Å². The second-order valence-corrected chi connectivity index (χ2v) is 6.04. The van der Waals surface area contributed by atoms with Gasteiger partial charge in [0.05, 0.1) is 16.7 Å². The third-order valence-corrected chi connectivity index (χ3v) is 4.24. The third kappa shape index (κ3) is 3.71. The molecule has 0 radical (unpaired) electrons. The van der Waals surface area contributed by atoms with Crippen LogP contribution in [0.2, 0.25) is 0 Å². The van der Waals surface area contributed by atoms with Crippen molar-refractivity contribution in [3.05, 3.63) is 71.4 Å². The van der Waals surface area contributed by atoms with Gasteiger partial charge >= 0.3 is 5.69 Å². The predicted molar refractivity (Wildman–Crippen MR) is 106 cm³/mol. The minimum Gasteiger partial charge on any atom is -0.324 e. The molecule has 0 fully saturated rings. The number of anilines is 2. The molecular formula is C20H19FN4O3. The lowest BCUT2D eigenvalue weighted by Gasteiger charge is -2.09. The van der Waals surface area contributed by atoms with E-state index in [2.05, 4.69) is 17.2 Å². The summed E-state index contributed by atoms with van der Waals surface area (Å²) in [6.45, 7) is 5.45. The molecule has 144 valence electrons. The Bertz CT molecular complexity index is 1130. The number of amides is 2. The van der Waals surface area contributed by atoms with Crippen LogP contribution in [0.5, 0.6) is 0 Å². The van der Waals surface area contributed by atoms with E-state index in [1.54, 1.807) is 16.7 Å². The summed E-state index contributed by atoms with van der Waals surface area (Å²) in [4.78, 5) is 36.4. The monoisotopic (exact) mass is 382 g/mol. The molecule has 0 aliphatic carbocycles. The predicted octanol–water partition coefficient (Wildman–Crippen LogP) is 2.73. The van der Waals surface area contributed by atoms with E-state index in [1.165, 1.54) is 16.7 Å². The number of halogens is 1. The van der Waals surface area contributed by atoms with Gasteiger partial charge in [-0.15, -0.1) is 0 Å². The maximum Gasteiger partial charge on any atom is 0.329 e. The van der Waals surface area contributed by atoms with E-state index in [9.17, 15) is 18.8 Å². The molecule has 2 amide bonds. The Morgan fingerprint density at radius 1 is 1.11 bits per heavy atom. The Kier molecular flexibility index (Phi) is 5.39. The molecule has 0 unspecified atom stereocenters. The number of imidazole rings is 1. The second kappa shape index (κ2) is 7.91. The molecule has 0 saturated heterocycles. The standard InChI is InChI=1S/C20H19FN4O3/c1-3-18(26)23-15-11-13(9-10-14(15)21)22-19(27)12-25-17-8-6-5-7-16(17)24(4-2)20(25)28/h3,5-11H,1,4,12H2,2H3,(H,22,27)(H,23,26). The Balaban J connectivity index is 1.84. The highest BCUT2D eigenvalue weighted by Gasteiger charge is 2.15. The molecule has 0 aliphatic heterocycles. The topological polar surface area (TPSA) is 85.1 Å². The van der Waals surface area contributed by atoms with Gasteiger partial charge in [0.15, 0.2) is 0 Å². The van der Waals surface area contributed by atoms with Crippen LogP contribution >= 0.6 is 0 Å². The van der Waals surface area contributed by atoms with Gasteiger partial charge < -0.3 is 10.6 Å². The average molecular weight is 382 g/mol. The van der Waals surface area contributed by atoms with Crippen LogP contribution < -0.4 is 16.3 Å². The van der Waals surface area contributed by atoms with Gasteiger partial charge in [-0.3, -0.25) is 18.7 Å². The van der Waals surface area contributed by atoms with Crippen molar-refractivity contribution in [2.75, 3.05) is 10.6 Å². The molecule has 0 atom stereocenters. The Hall–Kier alpha value is -3.68. The molecular weight excluding hydrogens is 363 g/mol. The highest BCUT2D eigenvalue weighted by molar-refractivity contribution is 6.00. The lowest BCUT2D eigenvalue weighted by Crippen LogP contribution is -2.29. The van der Waals surface area contributed by atoms with Gasteiger partial charge in [0.1, 0.15) is 12.4 Å². The Labute approximate surface area is 160 Å². The number of carbonyl (C=O) groups is 2. The van der Waals surface area contributed by atoms with Gasteiger partial charge in [-0.05, 0) is 43.3 Å². The van der Waals surface area contributed by atoms with Crippen molar-refractivity contribution >= 4 is 34.2 Å². The molecule has 0 saturated carbocycles. The minimum absolute atomic E-state index is 0.0811. The number of hydrogen-bond acceptors (Lipinski definition) is 3. The van der Waals surface area contributed by atoms with E-state index in [0.717, 1.165) is 17.7 Å². The molecule has 7 nitrogen and oxygen atoms in total. The van der Waals surface area contributed by atoms with Crippen molar-refractivity contribution in [3.63, 3.8) is 0 Å². The molecule has 0 bridgehead atoms. The lowest BCUT2D eigenvalue weighted by atomic mass is 10.2. The normalized spacial score (nSPS) is 10.6. The maximum atomic E-state index is 13.8. The molecule has 1 heterocycles. The number of nitrogens with one attached hydrogen (secondary N) is 2. The molecule has 0 aliphatic rings. The summed E-state index contributed by atoms with van der Waals surface area (Å²) in [5.41, 5.74) is 1.33. The summed E-state index contributed by atoms with van der Waals surface area (Å²) in [7, 11) is 0. The van der Waals surface area contributed by atoms with E-state index in [1.807, 2.05) is 19.1 Å². The second-order valence-electron chi connectivity index (χ2n) is 6.04. The summed E-state index contributed by atoms with van der Waals surface area (Å²) in [6, 6.07) is 11.0. The van der Waals surface area contributed by atoms with Crippen molar-refractivity contribution in [2.24, 2.45) is 0 Å². The van der Waals surface area contributed by atoms with Gasteiger partial charge in [-0.2, -0.15) is 0 Å². The molecule has 28 heavy (non-hydrogen) atoms. The Morgan fingerprint density at radius 3 is 2.43 bits per heavy atom. The number of benzene rings is 2. The van der Waals surface area contributed by atoms with Crippen molar-refractivity contribution in [1.29, 1.82) is 0 Å². The first-order chi connectivity index (χ1) is 13.4. The molecule has 2 N–H and O–H groups in total. The molecule has 0 spiro atoms. The smallest absolute Gasteiger partial charge is 0.324 e.